The lowest BCUT2D eigenvalue weighted by Crippen LogP contribution is -1.83. The molecular formula is C12H13NO2. The molecule has 0 unspecified atom stereocenters. The lowest BCUT2D eigenvalue weighted by molar-refractivity contribution is 0.475. The Bertz CT molecular complexity index is 457. The van der Waals surface area contributed by atoms with E-state index in [1.807, 2.05) is 26.0 Å². The molecule has 0 amide bonds. The van der Waals surface area contributed by atoms with Gasteiger partial charge >= 0.3 is 0 Å². The Morgan fingerprint density at radius 1 is 1.27 bits per heavy atom. The van der Waals surface area contributed by atoms with Crippen LogP contribution in [-0.2, 0) is 6.42 Å². The van der Waals surface area contributed by atoms with E-state index in [9.17, 15) is 5.11 Å². The first-order chi connectivity index (χ1) is 7.20. The number of aryl methyl sites for hydroxylation is 2. The molecule has 3 nitrogen and oxygen atoms in total. The van der Waals surface area contributed by atoms with Crippen molar-refractivity contribution in [2.45, 2.75) is 20.3 Å². The van der Waals surface area contributed by atoms with Crippen molar-refractivity contribution < 1.29 is 9.52 Å². The van der Waals surface area contributed by atoms with Crippen LogP contribution in [0.25, 0.3) is 11.3 Å². The second-order valence-electron chi connectivity index (χ2n) is 3.41. The van der Waals surface area contributed by atoms with Crippen LogP contribution in [0, 0.1) is 6.92 Å². The maximum atomic E-state index is 9.19. The molecule has 0 saturated carbocycles. The Balaban J connectivity index is 2.48. The van der Waals surface area contributed by atoms with Crippen LogP contribution in [0.15, 0.2) is 28.7 Å². The monoisotopic (exact) mass is 203 g/mol. The van der Waals surface area contributed by atoms with Crippen LogP contribution in [0.3, 0.4) is 0 Å². The maximum Gasteiger partial charge on any atom is 0.191 e. The quantitative estimate of drug-likeness (QED) is 0.816. The highest BCUT2D eigenvalue weighted by Crippen LogP contribution is 2.25. The van der Waals surface area contributed by atoms with Gasteiger partial charge in [0.05, 0.1) is 0 Å². The van der Waals surface area contributed by atoms with Gasteiger partial charge in [0.25, 0.3) is 0 Å². The fourth-order valence-corrected chi connectivity index (χ4v) is 1.55. The van der Waals surface area contributed by atoms with E-state index < -0.39 is 0 Å². The summed E-state index contributed by atoms with van der Waals surface area (Å²) in [4.78, 5) is 4.33. The highest BCUT2D eigenvalue weighted by atomic mass is 16.4. The van der Waals surface area contributed by atoms with E-state index in [2.05, 4.69) is 4.98 Å². The minimum Gasteiger partial charge on any atom is -0.508 e. The third-order valence-electron chi connectivity index (χ3n) is 2.27. The van der Waals surface area contributed by atoms with Crippen molar-refractivity contribution in [3.63, 3.8) is 0 Å². The van der Waals surface area contributed by atoms with E-state index in [1.54, 1.807) is 12.1 Å². The van der Waals surface area contributed by atoms with Gasteiger partial charge in [0.1, 0.15) is 17.2 Å². The second kappa shape index (κ2) is 3.77. The first-order valence-corrected chi connectivity index (χ1v) is 4.96. The highest BCUT2D eigenvalue weighted by Gasteiger charge is 2.10. The molecule has 0 aliphatic rings. The zero-order valence-corrected chi connectivity index (χ0v) is 8.82. The molecule has 0 saturated heterocycles. The molecular weight excluding hydrogens is 190 g/mol. The number of hydrogen-bond donors (Lipinski definition) is 1. The third kappa shape index (κ3) is 1.86. The minimum atomic E-state index is 0.261. The molecule has 1 aromatic carbocycles. The summed E-state index contributed by atoms with van der Waals surface area (Å²) < 4.78 is 5.47. The molecule has 0 aliphatic heterocycles. The van der Waals surface area contributed by atoms with Crippen molar-refractivity contribution in [2.24, 2.45) is 0 Å². The van der Waals surface area contributed by atoms with Crippen LogP contribution >= 0.6 is 0 Å². The maximum absolute atomic E-state index is 9.19. The summed E-state index contributed by atoms with van der Waals surface area (Å²) in [5.41, 5.74) is 1.84. The van der Waals surface area contributed by atoms with Gasteiger partial charge in [-0.05, 0) is 24.3 Å². The lowest BCUT2D eigenvalue weighted by atomic mass is 10.1. The minimum absolute atomic E-state index is 0.261. The van der Waals surface area contributed by atoms with Crippen molar-refractivity contribution in [3.05, 3.63) is 35.9 Å². The molecule has 78 valence electrons. The van der Waals surface area contributed by atoms with E-state index >= 15 is 0 Å². The number of nitrogens with zero attached hydrogens (tertiary/aromatic N) is 1. The van der Waals surface area contributed by atoms with Crippen molar-refractivity contribution >= 4 is 0 Å². The standard InChI is InChI=1S/C12H13NO2/c1-3-11-12(13-8(2)15-11)9-4-6-10(14)7-5-9/h4-7,14H,3H2,1-2H3. The first kappa shape index (κ1) is 9.77. The van der Waals surface area contributed by atoms with Crippen molar-refractivity contribution in [1.29, 1.82) is 0 Å². The van der Waals surface area contributed by atoms with E-state index in [0.717, 1.165) is 23.4 Å². The number of aromatic hydroxyl groups is 1. The molecule has 0 fully saturated rings. The van der Waals surface area contributed by atoms with Gasteiger partial charge < -0.3 is 9.52 Å². The Labute approximate surface area is 88.4 Å². The molecule has 0 aliphatic carbocycles. The second-order valence-corrected chi connectivity index (χ2v) is 3.41. The molecule has 2 aromatic rings. The molecule has 1 heterocycles. The lowest BCUT2D eigenvalue weighted by Gasteiger charge is -1.98. The van der Waals surface area contributed by atoms with Crippen molar-refractivity contribution in [3.8, 4) is 17.0 Å². The zero-order chi connectivity index (χ0) is 10.8. The fourth-order valence-electron chi connectivity index (χ4n) is 1.55. The van der Waals surface area contributed by atoms with Gasteiger partial charge in [-0.2, -0.15) is 0 Å². The summed E-state index contributed by atoms with van der Waals surface area (Å²) in [6.45, 7) is 3.87. The van der Waals surface area contributed by atoms with Crippen molar-refractivity contribution in [1.82, 2.24) is 4.98 Å². The van der Waals surface area contributed by atoms with Gasteiger partial charge in [0.2, 0.25) is 0 Å². The summed E-state index contributed by atoms with van der Waals surface area (Å²) in [6.07, 6.45) is 0.817. The van der Waals surface area contributed by atoms with Crippen molar-refractivity contribution in [2.75, 3.05) is 0 Å². The molecule has 0 atom stereocenters. The molecule has 1 N–H and O–H groups in total. The van der Waals surface area contributed by atoms with Gasteiger partial charge in [0.15, 0.2) is 5.89 Å². The molecule has 0 bridgehead atoms. The van der Waals surface area contributed by atoms with Crippen LogP contribution in [-0.4, -0.2) is 10.1 Å². The third-order valence-corrected chi connectivity index (χ3v) is 2.27. The summed E-state index contributed by atoms with van der Waals surface area (Å²) in [6, 6.07) is 6.98. The topological polar surface area (TPSA) is 46.3 Å². The van der Waals surface area contributed by atoms with E-state index in [1.165, 1.54) is 0 Å². The number of phenols is 1. The number of oxazole rings is 1. The summed E-state index contributed by atoms with van der Waals surface area (Å²) in [7, 11) is 0. The van der Waals surface area contributed by atoms with Gasteiger partial charge in [-0.3, -0.25) is 0 Å². The predicted octanol–water partition coefficient (Wildman–Crippen LogP) is 2.92. The number of phenolic OH excluding ortho intramolecular Hbond substituents is 1. The SMILES string of the molecule is CCc1oc(C)nc1-c1ccc(O)cc1. The average molecular weight is 203 g/mol. The molecule has 2 rings (SSSR count). The Kier molecular flexibility index (Phi) is 2.46. The number of rotatable bonds is 2. The Morgan fingerprint density at radius 2 is 1.93 bits per heavy atom. The molecule has 1 aromatic heterocycles. The van der Waals surface area contributed by atoms with Crippen LogP contribution in [0.1, 0.15) is 18.6 Å². The Hall–Kier alpha value is -1.77. The first-order valence-electron chi connectivity index (χ1n) is 4.96. The van der Waals surface area contributed by atoms with Crippen LogP contribution in [0.5, 0.6) is 5.75 Å². The largest absolute Gasteiger partial charge is 0.508 e. The summed E-state index contributed by atoms with van der Waals surface area (Å²) >= 11 is 0. The van der Waals surface area contributed by atoms with E-state index in [0.29, 0.717) is 5.89 Å². The van der Waals surface area contributed by atoms with Crippen LogP contribution in [0.2, 0.25) is 0 Å². The smallest absolute Gasteiger partial charge is 0.191 e. The molecule has 3 heteroatoms. The average Bonchev–Trinajstić information content (AvgIpc) is 2.61. The van der Waals surface area contributed by atoms with E-state index in [4.69, 9.17) is 4.42 Å². The number of hydrogen-bond acceptors (Lipinski definition) is 3. The van der Waals surface area contributed by atoms with Crippen LogP contribution in [0.4, 0.5) is 0 Å². The highest BCUT2D eigenvalue weighted by molar-refractivity contribution is 5.62. The number of aromatic nitrogens is 1. The molecule has 0 spiro atoms. The summed E-state index contributed by atoms with van der Waals surface area (Å²) in [5, 5.41) is 9.19. The number of benzene rings is 1. The van der Waals surface area contributed by atoms with Gasteiger partial charge in [-0.15, -0.1) is 0 Å². The van der Waals surface area contributed by atoms with E-state index in [-0.39, 0.29) is 5.75 Å². The van der Waals surface area contributed by atoms with Crippen LogP contribution < -0.4 is 0 Å². The predicted molar refractivity (Wildman–Crippen MR) is 57.7 cm³/mol. The summed E-state index contributed by atoms with van der Waals surface area (Å²) in [5.74, 6) is 1.82. The molecule has 15 heavy (non-hydrogen) atoms. The van der Waals surface area contributed by atoms with Gasteiger partial charge in [0, 0.05) is 18.9 Å². The molecule has 0 radical (unpaired) electrons. The van der Waals surface area contributed by atoms with Gasteiger partial charge in [-0.1, -0.05) is 6.92 Å². The zero-order valence-electron chi connectivity index (χ0n) is 8.82. The Morgan fingerprint density at radius 3 is 2.53 bits per heavy atom. The fraction of sp³-hybridized carbons (Fsp3) is 0.250. The normalized spacial score (nSPS) is 10.5. The van der Waals surface area contributed by atoms with Gasteiger partial charge in [-0.25, -0.2) is 4.98 Å².